The van der Waals surface area contributed by atoms with Crippen LogP contribution in [0, 0.1) is 0 Å². The van der Waals surface area contributed by atoms with E-state index in [0.29, 0.717) is 61.9 Å². The van der Waals surface area contributed by atoms with Gasteiger partial charge in [0.05, 0.1) is 18.4 Å². The van der Waals surface area contributed by atoms with Gasteiger partial charge in [-0.2, -0.15) is 0 Å². The van der Waals surface area contributed by atoms with Gasteiger partial charge in [-0.3, -0.25) is 9.69 Å². The lowest BCUT2D eigenvalue weighted by Crippen LogP contribution is -2.50. The Bertz CT molecular complexity index is 1270. The van der Waals surface area contributed by atoms with E-state index in [-0.39, 0.29) is 18.0 Å². The number of carbonyl (C=O) groups excluding carboxylic acids is 2. The van der Waals surface area contributed by atoms with E-state index in [9.17, 15) is 9.59 Å². The molecule has 0 unspecified atom stereocenters. The topological polar surface area (TPSA) is 94.3 Å². The number of piperidine rings is 1. The number of amides is 2. The summed E-state index contributed by atoms with van der Waals surface area (Å²) in [6, 6.07) is 20.5. The number of nitrogen functional groups attached to an aromatic ring is 1. The second kappa shape index (κ2) is 10.2. The zero-order valence-corrected chi connectivity index (χ0v) is 20.2. The Balaban J connectivity index is 1.24. The molecule has 0 spiro atoms. The van der Waals surface area contributed by atoms with Crippen molar-refractivity contribution < 1.29 is 23.8 Å². The van der Waals surface area contributed by atoms with E-state index in [1.54, 1.807) is 30.2 Å². The highest BCUT2D eigenvalue weighted by Gasteiger charge is 2.35. The van der Waals surface area contributed by atoms with Crippen molar-refractivity contribution in [1.29, 1.82) is 0 Å². The van der Waals surface area contributed by atoms with Gasteiger partial charge in [0.2, 0.25) is 0 Å². The molecule has 2 N–H and O–H groups in total. The normalized spacial score (nSPS) is 15.8. The summed E-state index contributed by atoms with van der Waals surface area (Å²) in [5.74, 6) is 0.960. The Kier molecular flexibility index (Phi) is 6.66. The molecule has 1 saturated heterocycles. The number of nitrogens with zero attached hydrogens (tertiary/aromatic N) is 2. The molecule has 186 valence electrons. The highest BCUT2D eigenvalue weighted by Crippen LogP contribution is 2.33. The van der Waals surface area contributed by atoms with Crippen LogP contribution in [0.2, 0.25) is 0 Å². The number of hydrogen-bond donors (Lipinski definition) is 1. The maximum Gasteiger partial charge on any atom is 0.414 e. The van der Waals surface area contributed by atoms with Crippen molar-refractivity contribution in [2.75, 3.05) is 30.8 Å². The number of hydrogen-bond acceptors (Lipinski definition) is 6. The SMILES string of the molecule is COc1cc(OCc2cccc(N)c2)ccc1C(=O)N1CCC(N2C(=O)OCc3ccccc32)CC1. The Morgan fingerprint density at radius 2 is 1.86 bits per heavy atom. The highest BCUT2D eigenvalue weighted by atomic mass is 16.6. The molecule has 0 saturated carbocycles. The third kappa shape index (κ3) is 4.79. The van der Waals surface area contributed by atoms with Crippen LogP contribution in [0.1, 0.15) is 34.3 Å². The lowest BCUT2D eigenvalue weighted by molar-refractivity contribution is 0.0705. The van der Waals surface area contributed by atoms with Crippen LogP contribution in [0.15, 0.2) is 66.7 Å². The van der Waals surface area contributed by atoms with Crippen molar-refractivity contribution in [3.63, 3.8) is 0 Å². The summed E-state index contributed by atoms with van der Waals surface area (Å²) in [5.41, 5.74) is 9.85. The van der Waals surface area contributed by atoms with Gasteiger partial charge >= 0.3 is 6.09 Å². The number of carbonyl (C=O) groups is 2. The van der Waals surface area contributed by atoms with E-state index in [4.69, 9.17) is 19.9 Å². The van der Waals surface area contributed by atoms with E-state index in [0.717, 1.165) is 16.8 Å². The number of nitrogens with two attached hydrogens (primary N) is 1. The fourth-order valence-electron chi connectivity index (χ4n) is 4.81. The van der Waals surface area contributed by atoms with Gasteiger partial charge in [0, 0.05) is 36.4 Å². The Hall–Kier alpha value is -4.20. The molecule has 0 radical (unpaired) electrons. The van der Waals surface area contributed by atoms with Gasteiger partial charge in [-0.15, -0.1) is 0 Å². The molecule has 0 aliphatic carbocycles. The third-order valence-electron chi connectivity index (χ3n) is 6.68. The Morgan fingerprint density at radius 3 is 2.64 bits per heavy atom. The second-order valence-electron chi connectivity index (χ2n) is 8.97. The van der Waals surface area contributed by atoms with Crippen LogP contribution >= 0.6 is 0 Å². The Labute approximate surface area is 210 Å². The maximum atomic E-state index is 13.3. The molecule has 3 aromatic rings. The molecule has 36 heavy (non-hydrogen) atoms. The molecule has 0 bridgehead atoms. The van der Waals surface area contributed by atoms with Gasteiger partial charge in [0.1, 0.15) is 24.7 Å². The van der Waals surface area contributed by atoms with E-state index >= 15 is 0 Å². The lowest BCUT2D eigenvalue weighted by atomic mass is 10.00. The number of benzene rings is 3. The fraction of sp³-hybridized carbons (Fsp3) is 0.286. The summed E-state index contributed by atoms with van der Waals surface area (Å²) < 4.78 is 16.8. The summed E-state index contributed by atoms with van der Waals surface area (Å²) in [5, 5.41) is 0. The Morgan fingerprint density at radius 1 is 1.06 bits per heavy atom. The molecule has 2 amide bonds. The number of fused-ring (bicyclic) bond motifs is 1. The summed E-state index contributed by atoms with van der Waals surface area (Å²) in [6.07, 6.45) is 1.01. The van der Waals surface area contributed by atoms with Crippen LogP contribution < -0.4 is 20.1 Å². The monoisotopic (exact) mass is 487 g/mol. The summed E-state index contributed by atoms with van der Waals surface area (Å²) in [6.45, 7) is 1.72. The number of likely N-dealkylation sites (tertiary alicyclic amines) is 1. The molecule has 1 fully saturated rings. The van der Waals surface area contributed by atoms with E-state index in [1.165, 1.54) is 0 Å². The minimum absolute atomic E-state index is 0.0207. The van der Waals surface area contributed by atoms with Gasteiger partial charge in [-0.25, -0.2) is 4.79 Å². The summed E-state index contributed by atoms with van der Waals surface area (Å²) >= 11 is 0. The average Bonchev–Trinajstić information content (AvgIpc) is 2.91. The minimum Gasteiger partial charge on any atom is -0.496 e. The zero-order valence-electron chi connectivity index (χ0n) is 20.2. The molecule has 2 aliphatic heterocycles. The van der Waals surface area contributed by atoms with Crippen LogP contribution in [-0.4, -0.2) is 43.1 Å². The molecule has 3 aromatic carbocycles. The quantitative estimate of drug-likeness (QED) is 0.510. The van der Waals surface area contributed by atoms with Crippen LogP contribution in [0.5, 0.6) is 11.5 Å². The van der Waals surface area contributed by atoms with Gasteiger partial charge in [0.15, 0.2) is 0 Å². The molecular formula is C28H29N3O5. The van der Waals surface area contributed by atoms with Crippen LogP contribution in [0.3, 0.4) is 0 Å². The van der Waals surface area contributed by atoms with E-state index in [1.807, 2.05) is 53.4 Å². The zero-order chi connectivity index (χ0) is 25.1. The summed E-state index contributed by atoms with van der Waals surface area (Å²) in [7, 11) is 1.54. The van der Waals surface area contributed by atoms with E-state index < -0.39 is 0 Å². The van der Waals surface area contributed by atoms with E-state index in [2.05, 4.69) is 0 Å². The molecular weight excluding hydrogens is 458 g/mol. The first kappa shape index (κ1) is 23.5. The lowest BCUT2D eigenvalue weighted by Gasteiger charge is -2.40. The number of anilines is 2. The first-order valence-corrected chi connectivity index (χ1v) is 12.0. The third-order valence-corrected chi connectivity index (χ3v) is 6.68. The number of methoxy groups -OCH3 is 1. The first-order chi connectivity index (χ1) is 17.5. The molecule has 0 atom stereocenters. The number of para-hydroxylation sites is 1. The number of cyclic esters (lactones) is 1. The highest BCUT2D eigenvalue weighted by molar-refractivity contribution is 5.97. The number of ether oxygens (including phenoxy) is 3. The fourth-order valence-corrected chi connectivity index (χ4v) is 4.81. The molecule has 0 aromatic heterocycles. The van der Waals surface area contributed by atoms with Crippen LogP contribution in [0.25, 0.3) is 0 Å². The second-order valence-corrected chi connectivity index (χ2v) is 8.97. The van der Waals surface area contributed by atoms with Crippen molar-refractivity contribution in [2.45, 2.75) is 32.1 Å². The smallest absolute Gasteiger partial charge is 0.414 e. The molecule has 2 heterocycles. The van der Waals surface area contributed by atoms with Gasteiger partial charge in [0.25, 0.3) is 5.91 Å². The molecule has 8 heteroatoms. The van der Waals surface area contributed by atoms with Gasteiger partial charge < -0.3 is 24.8 Å². The predicted octanol–water partition coefficient (Wildman–Crippen LogP) is 4.62. The van der Waals surface area contributed by atoms with Crippen molar-refractivity contribution in [3.05, 3.63) is 83.4 Å². The standard InChI is InChI=1S/C28H29N3O5/c1-34-26-16-23(35-17-19-5-4-7-21(29)15-19)9-10-24(26)27(32)30-13-11-22(12-14-30)31-25-8-3-2-6-20(25)18-36-28(31)33/h2-10,15-16,22H,11-14,17-18,29H2,1H3. The van der Waals surface area contributed by atoms with Crippen molar-refractivity contribution in [1.82, 2.24) is 4.90 Å². The largest absolute Gasteiger partial charge is 0.496 e. The maximum absolute atomic E-state index is 13.3. The first-order valence-electron chi connectivity index (χ1n) is 12.0. The molecule has 5 rings (SSSR count). The van der Waals surface area contributed by atoms with Crippen molar-refractivity contribution in [3.8, 4) is 11.5 Å². The average molecular weight is 488 g/mol. The van der Waals surface area contributed by atoms with Crippen molar-refractivity contribution >= 4 is 23.4 Å². The molecule has 8 nitrogen and oxygen atoms in total. The number of rotatable bonds is 6. The van der Waals surface area contributed by atoms with Crippen LogP contribution in [-0.2, 0) is 18.0 Å². The molecule has 2 aliphatic rings. The van der Waals surface area contributed by atoms with Gasteiger partial charge in [-0.05, 0) is 48.7 Å². The minimum atomic E-state index is -0.325. The summed E-state index contributed by atoms with van der Waals surface area (Å²) in [4.78, 5) is 29.4. The predicted molar refractivity (Wildman–Crippen MR) is 136 cm³/mol. The van der Waals surface area contributed by atoms with Gasteiger partial charge in [-0.1, -0.05) is 30.3 Å². The van der Waals surface area contributed by atoms with Crippen LogP contribution in [0.4, 0.5) is 16.2 Å². The van der Waals surface area contributed by atoms with Crippen molar-refractivity contribution in [2.24, 2.45) is 0 Å².